The van der Waals surface area contributed by atoms with Crippen LogP contribution in [0, 0.1) is 0 Å². The normalized spacial score (nSPS) is 12.2. The predicted molar refractivity (Wildman–Crippen MR) is 81.1 cm³/mol. The zero-order valence-electron chi connectivity index (χ0n) is 10.9. The minimum Gasteiger partial charge on any atom is -0.369 e. The second-order valence-electron chi connectivity index (χ2n) is 4.43. The van der Waals surface area contributed by atoms with Crippen molar-refractivity contribution in [2.24, 2.45) is 5.73 Å². The Morgan fingerprint density at radius 3 is 2.38 bits per heavy atom. The van der Waals surface area contributed by atoms with E-state index in [9.17, 15) is 13.6 Å². The van der Waals surface area contributed by atoms with Gasteiger partial charge in [0.05, 0.1) is 0 Å². The lowest BCUT2D eigenvalue weighted by atomic mass is 10.0. The van der Waals surface area contributed by atoms with Gasteiger partial charge in [-0.25, -0.2) is 8.78 Å². The number of amides is 1. The average molecular weight is 355 g/mol. The largest absolute Gasteiger partial charge is 0.369 e. The van der Waals surface area contributed by atoms with Crippen LogP contribution in [0.2, 0.25) is 0 Å². The molecule has 2 aromatic rings. The molecule has 0 heterocycles. The molecule has 0 aromatic heterocycles. The van der Waals surface area contributed by atoms with E-state index in [1.807, 2.05) is 6.07 Å². The lowest BCUT2D eigenvalue weighted by Crippen LogP contribution is -2.28. The molecule has 3 N–H and O–H groups in total. The van der Waals surface area contributed by atoms with Crippen molar-refractivity contribution in [2.75, 3.05) is 5.32 Å². The third kappa shape index (κ3) is 3.78. The number of carbonyl (C=O) groups is 1. The molecule has 0 aliphatic heterocycles. The number of primary amides is 1. The number of nitrogens with one attached hydrogen (secondary N) is 1. The molecule has 1 unspecified atom stereocenters. The number of alkyl halides is 2. The maximum Gasteiger partial charge on any atom is 0.263 e. The number of hydrogen-bond donors (Lipinski definition) is 2. The second kappa shape index (κ2) is 6.67. The van der Waals surface area contributed by atoms with E-state index in [4.69, 9.17) is 5.73 Å². The summed E-state index contributed by atoms with van der Waals surface area (Å²) in [5.41, 5.74) is 6.30. The van der Waals surface area contributed by atoms with Gasteiger partial charge in [-0.15, -0.1) is 0 Å². The first-order chi connectivity index (χ1) is 9.99. The summed E-state index contributed by atoms with van der Waals surface area (Å²) in [6.07, 6.45) is -2.60. The number of carbonyl (C=O) groups excluding carboxylic acids is 1. The molecule has 21 heavy (non-hydrogen) atoms. The molecular formula is C15H13BrF2N2O. The van der Waals surface area contributed by atoms with Crippen LogP contribution in [0.5, 0.6) is 0 Å². The molecule has 0 saturated carbocycles. The van der Waals surface area contributed by atoms with Gasteiger partial charge >= 0.3 is 0 Å². The van der Waals surface area contributed by atoms with E-state index in [1.165, 1.54) is 18.2 Å². The van der Waals surface area contributed by atoms with Gasteiger partial charge in [0.2, 0.25) is 5.91 Å². The Morgan fingerprint density at radius 2 is 1.76 bits per heavy atom. The summed E-state index contributed by atoms with van der Waals surface area (Å²) in [7, 11) is 0. The van der Waals surface area contributed by atoms with Gasteiger partial charge in [-0.1, -0.05) is 30.3 Å². The fourth-order valence-electron chi connectivity index (χ4n) is 1.93. The molecule has 0 radical (unpaired) electrons. The molecule has 0 aliphatic rings. The Kier molecular flexibility index (Phi) is 4.90. The Labute approximate surface area is 129 Å². The van der Waals surface area contributed by atoms with Crippen molar-refractivity contribution in [3.05, 3.63) is 64.1 Å². The highest BCUT2D eigenvalue weighted by molar-refractivity contribution is 9.10. The highest BCUT2D eigenvalue weighted by Crippen LogP contribution is 2.28. The zero-order valence-corrected chi connectivity index (χ0v) is 12.5. The minimum absolute atomic E-state index is 0.146. The number of rotatable bonds is 5. The molecule has 0 fully saturated rings. The molecule has 0 spiro atoms. The van der Waals surface area contributed by atoms with E-state index in [1.54, 1.807) is 24.3 Å². The Morgan fingerprint density at radius 1 is 1.10 bits per heavy atom. The molecule has 0 bridgehead atoms. The van der Waals surface area contributed by atoms with Gasteiger partial charge in [0, 0.05) is 15.7 Å². The fourth-order valence-corrected chi connectivity index (χ4v) is 2.33. The Bertz CT molecular complexity index is 649. The van der Waals surface area contributed by atoms with Crippen LogP contribution in [0.15, 0.2) is 53.0 Å². The highest BCUT2D eigenvalue weighted by Gasteiger charge is 2.20. The molecule has 2 rings (SSSR count). The maximum atomic E-state index is 12.8. The summed E-state index contributed by atoms with van der Waals surface area (Å²) in [5.74, 6) is -0.642. The van der Waals surface area contributed by atoms with Crippen LogP contribution in [-0.2, 0) is 4.79 Å². The van der Waals surface area contributed by atoms with Crippen molar-refractivity contribution >= 4 is 27.5 Å². The van der Waals surface area contributed by atoms with E-state index < -0.39 is 18.4 Å². The molecule has 1 amide bonds. The van der Waals surface area contributed by atoms with Gasteiger partial charge in [-0.05, 0) is 39.7 Å². The van der Waals surface area contributed by atoms with Crippen LogP contribution in [0.4, 0.5) is 14.5 Å². The molecule has 6 heteroatoms. The van der Waals surface area contributed by atoms with Crippen LogP contribution in [0.25, 0.3) is 0 Å². The van der Waals surface area contributed by atoms with Crippen LogP contribution in [-0.4, -0.2) is 5.91 Å². The van der Waals surface area contributed by atoms with Gasteiger partial charge in [0.25, 0.3) is 6.43 Å². The molecule has 0 aliphatic carbocycles. The molecule has 2 aromatic carbocycles. The summed E-state index contributed by atoms with van der Waals surface area (Å²) < 4.78 is 26.3. The number of halogens is 3. The monoisotopic (exact) mass is 354 g/mol. The SMILES string of the molecule is NC(=O)C(Nc1ccccc1Br)c1cccc(C(F)F)c1. The number of benzene rings is 2. The zero-order chi connectivity index (χ0) is 15.4. The maximum absolute atomic E-state index is 12.8. The quantitative estimate of drug-likeness (QED) is 0.851. The lowest BCUT2D eigenvalue weighted by molar-refractivity contribution is -0.118. The van der Waals surface area contributed by atoms with Gasteiger partial charge in [-0.2, -0.15) is 0 Å². The first-order valence-electron chi connectivity index (χ1n) is 6.17. The van der Waals surface area contributed by atoms with Crippen molar-refractivity contribution in [2.45, 2.75) is 12.5 Å². The topological polar surface area (TPSA) is 55.1 Å². The standard InChI is InChI=1S/C15H13BrF2N2O/c16-11-6-1-2-7-12(11)20-13(15(19)21)9-4-3-5-10(8-9)14(17)18/h1-8,13-14,20H,(H2,19,21). The van der Waals surface area contributed by atoms with E-state index in [0.29, 0.717) is 11.3 Å². The van der Waals surface area contributed by atoms with Gasteiger partial charge in [-0.3, -0.25) is 4.79 Å². The van der Waals surface area contributed by atoms with Gasteiger partial charge in [0.1, 0.15) is 6.04 Å². The van der Waals surface area contributed by atoms with Gasteiger partial charge < -0.3 is 11.1 Å². The van der Waals surface area contributed by atoms with Crippen LogP contribution in [0.1, 0.15) is 23.6 Å². The summed E-state index contributed by atoms with van der Waals surface area (Å²) in [5, 5.41) is 2.96. The van der Waals surface area contributed by atoms with Gasteiger partial charge in [0.15, 0.2) is 0 Å². The first-order valence-corrected chi connectivity index (χ1v) is 6.96. The Hall–Kier alpha value is -1.95. The molecular weight excluding hydrogens is 342 g/mol. The molecule has 3 nitrogen and oxygen atoms in total. The number of para-hydroxylation sites is 1. The van der Waals surface area contributed by atoms with Crippen molar-refractivity contribution < 1.29 is 13.6 Å². The second-order valence-corrected chi connectivity index (χ2v) is 5.28. The summed E-state index contributed by atoms with van der Waals surface area (Å²) in [4.78, 5) is 11.7. The van der Waals surface area contributed by atoms with Crippen LogP contribution in [0.3, 0.4) is 0 Å². The number of anilines is 1. The smallest absolute Gasteiger partial charge is 0.263 e. The average Bonchev–Trinajstić information content (AvgIpc) is 2.46. The number of hydrogen-bond acceptors (Lipinski definition) is 2. The summed E-state index contributed by atoms with van der Waals surface area (Å²) in [6.45, 7) is 0. The van der Waals surface area contributed by atoms with Crippen LogP contribution < -0.4 is 11.1 Å². The van der Waals surface area contributed by atoms with E-state index in [2.05, 4.69) is 21.2 Å². The van der Waals surface area contributed by atoms with E-state index in [0.717, 1.165) is 4.47 Å². The summed E-state index contributed by atoms with van der Waals surface area (Å²) >= 11 is 3.35. The van der Waals surface area contributed by atoms with E-state index >= 15 is 0 Å². The summed E-state index contributed by atoms with van der Waals surface area (Å²) in [6, 6.07) is 12.0. The Balaban J connectivity index is 2.34. The predicted octanol–water partition coefficient (Wildman–Crippen LogP) is 4.03. The highest BCUT2D eigenvalue weighted by atomic mass is 79.9. The molecule has 1 atom stereocenters. The number of nitrogens with two attached hydrogens (primary N) is 1. The van der Waals surface area contributed by atoms with Crippen molar-refractivity contribution in [1.82, 2.24) is 0 Å². The third-order valence-electron chi connectivity index (χ3n) is 2.95. The van der Waals surface area contributed by atoms with Crippen molar-refractivity contribution in [3.8, 4) is 0 Å². The van der Waals surface area contributed by atoms with E-state index in [-0.39, 0.29) is 5.56 Å². The fraction of sp³-hybridized carbons (Fsp3) is 0.133. The first kappa shape index (κ1) is 15.4. The van der Waals surface area contributed by atoms with Crippen LogP contribution >= 0.6 is 15.9 Å². The lowest BCUT2D eigenvalue weighted by Gasteiger charge is -2.18. The van der Waals surface area contributed by atoms with Crippen molar-refractivity contribution in [3.63, 3.8) is 0 Å². The molecule has 110 valence electrons. The molecule has 0 saturated heterocycles. The minimum atomic E-state index is -2.60. The third-order valence-corrected chi connectivity index (χ3v) is 3.65. The van der Waals surface area contributed by atoms with Crippen molar-refractivity contribution in [1.29, 1.82) is 0 Å².